The van der Waals surface area contributed by atoms with Crippen LogP contribution in [-0.4, -0.2) is 29.0 Å². The number of carbonyl (C=O) groups is 1. The van der Waals surface area contributed by atoms with Gasteiger partial charge < -0.3 is 10.0 Å². The van der Waals surface area contributed by atoms with Gasteiger partial charge in [-0.15, -0.1) is 0 Å². The normalized spacial score (nSPS) is 17.5. The molecule has 2 rings (SSSR count). The molecule has 1 aliphatic rings. The molecule has 3 nitrogen and oxygen atoms in total. The van der Waals surface area contributed by atoms with Crippen molar-refractivity contribution >= 4 is 17.5 Å². The molecule has 0 radical (unpaired) electrons. The number of aliphatic hydroxyl groups is 1. The minimum absolute atomic E-state index is 0.223. The number of benzene rings is 1. The highest BCUT2D eigenvalue weighted by Gasteiger charge is 2.27. The summed E-state index contributed by atoms with van der Waals surface area (Å²) in [6.45, 7) is 3.68. The van der Waals surface area contributed by atoms with E-state index >= 15 is 0 Å². The Morgan fingerprint density at radius 1 is 1.27 bits per heavy atom. The zero-order valence-electron chi connectivity index (χ0n) is 13.3. The number of amides is 1. The fourth-order valence-electron chi connectivity index (χ4n) is 3.08. The molecule has 1 amide bonds. The van der Waals surface area contributed by atoms with Gasteiger partial charge >= 0.3 is 0 Å². The van der Waals surface area contributed by atoms with Crippen LogP contribution < -0.4 is 0 Å². The Labute approximate surface area is 138 Å². The van der Waals surface area contributed by atoms with Crippen molar-refractivity contribution in [1.82, 2.24) is 4.90 Å². The summed E-state index contributed by atoms with van der Waals surface area (Å²) in [5.74, 6) is 0.494. The second-order valence-corrected chi connectivity index (χ2v) is 6.61. The summed E-state index contributed by atoms with van der Waals surface area (Å²) in [6, 6.07) is 7.39. The zero-order valence-corrected chi connectivity index (χ0v) is 14.1. The van der Waals surface area contributed by atoms with Gasteiger partial charge in [0.1, 0.15) is 0 Å². The van der Waals surface area contributed by atoms with Gasteiger partial charge in [0.15, 0.2) is 0 Å². The second-order valence-electron chi connectivity index (χ2n) is 6.17. The molecule has 0 bridgehead atoms. The van der Waals surface area contributed by atoms with Crippen LogP contribution in [0.3, 0.4) is 0 Å². The standard InChI is InChI=1S/C18H26ClNO2/c1-2-3-4-5-17(21)20-12-10-15(11-13-20)18(22)14-6-8-16(19)9-7-14/h6-9,15,18,22H,2-5,10-13H2,1H3. The van der Waals surface area contributed by atoms with Crippen molar-refractivity contribution in [3.63, 3.8) is 0 Å². The van der Waals surface area contributed by atoms with E-state index < -0.39 is 6.10 Å². The average molecular weight is 324 g/mol. The molecule has 1 unspecified atom stereocenters. The lowest BCUT2D eigenvalue weighted by Crippen LogP contribution is -2.39. The van der Waals surface area contributed by atoms with Crippen LogP contribution in [0.4, 0.5) is 0 Å². The van der Waals surface area contributed by atoms with Crippen LogP contribution in [0.15, 0.2) is 24.3 Å². The van der Waals surface area contributed by atoms with E-state index in [1.165, 1.54) is 0 Å². The summed E-state index contributed by atoms with van der Waals surface area (Å²) in [6.07, 6.45) is 5.18. The molecule has 4 heteroatoms. The van der Waals surface area contributed by atoms with Crippen LogP contribution in [0, 0.1) is 5.92 Å². The molecule has 0 spiro atoms. The highest BCUT2D eigenvalue weighted by Crippen LogP contribution is 2.31. The van der Waals surface area contributed by atoms with Gasteiger partial charge in [-0.25, -0.2) is 0 Å². The Bertz CT molecular complexity index is 466. The third-order valence-corrected chi connectivity index (χ3v) is 4.80. The molecule has 1 saturated heterocycles. The van der Waals surface area contributed by atoms with Gasteiger partial charge in [-0.1, -0.05) is 43.5 Å². The van der Waals surface area contributed by atoms with Crippen molar-refractivity contribution in [2.24, 2.45) is 5.92 Å². The first-order valence-corrected chi connectivity index (χ1v) is 8.71. The fraction of sp³-hybridized carbons (Fsp3) is 0.611. The molecule has 0 saturated carbocycles. The van der Waals surface area contributed by atoms with E-state index in [-0.39, 0.29) is 11.8 Å². The highest BCUT2D eigenvalue weighted by atomic mass is 35.5. The number of halogens is 1. The number of unbranched alkanes of at least 4 members (excludes halogenated alkanes) is 2. The molecule has 1 N–H and O–H groups in total. The number of hydrogen-bond acceptors (Lipinski definition) is 2. The Morgan fingerprint density at radius 3 is 2.50 bits per heavy atom. The van der Waals surface area contributed by atoms with E-state index in [4.69, 9.17) is 11.6 Å². The largest absolute Gasteiger partial charge is 0.388 e. The van der Waals surface area contributed by atoms with E-state index in [2.05, 4.69) is 6.92 Å². The van der Waals surface area contributed by atoms with Gasteiger partial charge in [-0.3, -0.25) is 4.79 Å². The van der Waals surface area contributed by atoms with Crippen LogP contribution in [0.5, 0.6) is 0 Å². The molecule has 1 aromatic carbocycles. The fourth-order valence-corrected chi connectivity index (χ4v) is 3.21. The third-order valence-electron chi connectivity index (χ3n) is 4.54. The molecular formula is C18H26ClNO2. The third kappa shape index (κ3) is 4.72. The topological polar surface area (TPSA) is 40.5 Å². The van der Waals surface area contributed by atoms with Crippen LogP contribution in [-0.2, 0) is 4.79 Å². The smallest absolute Gasteiger partial charge is 0.222 e. The second kappa shape index (κ2) is 8.54. The summed E-state index contributed by atoms with van der Waals surface area (Å²) < 4.78 is 0. The molecule has 22 heavy (non-hydrogen) atoms. The van der Waals surface area contributed by atoms with Crippen LogP contribution in [0.25, 0.3) is 0 Å². The van der Waals surface area contributed by atoms with E-state index in [0.29, 0.717) is 11.4 Å². The first-order valence-electron chi connectivity index (χ1n) is 8.33. The van der Waals surface area contributed by atoms with Gasteiger partial charge in [-0.2, -0.15) is 0 Å². The van der Waals surface area contributed by atoms with Gasteiger partial charge in [0.2, 0.25) is 5.91 Å². The molecule has 1 heterocycles. The number of aliphatic hydroxyl groups excluding tert-OH is 1. The predicted octanol–water partition coefficient (Wildman–Crippen LogP) is 4.19. The number of nitrogens with zero attached hydrogens (tertiary/aromatic N) is 1. The van der Waals surface area contributed by atoms with Crippen molar-refractivity contribution in [3.8, 4) is 0 Å². The minimum atomic E-state index is -0.463. The molecule has 1 atom stereocenters. The summed E-state index contributed by atoms with van der Waals surface area (Å²) >= 11 is 5.88. The summed E-state index contributed by atoms with van der Waals surface area (Å²) in [4.78, 5) is 14.1. The maximum atomic E-state index is 12.1. The molecule has 1 fully saturated rings. The van der Waals surface area contributed by atoms with E-state index in [0.717, 1.165) is 50.8 Å². The minimum Gasteiger partial charge on any atom is -0.388 e. The van der Waals surface area contributed by atoms with E-state index in [9.17, 15) is 9.90 Å². The van der Waals surface area contributed by atoms with Gasteiger partial charge in [0, 0.05) is 24.5 Å². The van der Waals surface area contributed by atoms with Crippen molar-refractivity contribution in [1.29, 1.82) is 0 Å². The number of hydrogen-bond donors (Lipinski definition) is 1. The molecule has 0 aromatic heterocycles. The van der Waals surface area contributed by atoms with Crippen molar-refractivity contribution in [3.05, 3.63) is 34.9 Å². The van der Waals surface area contributed by atoms with Crippen molar-refractivity contribution in [2.45, 2.75) is 51.6 Å². The van der Waals surface area contributed by atoms with E-state index in [1.54, 1.807) is 0 Å². The van der Waals surface area contributed by atoms with Crippen LogP contribution in [0.1, 0.15) is 57.1 Å². The maximum Gasteiger partial charge on any atom is 0.222 e. The number of piperidine rings is 1. The molecular weight excluding hydrogens is 298 g/mol. The van der Waals surface area contributed by atoms with Gasteiger partial charge in [0.25, 0.3) is 0 Å². The summed E-state index contributed by atoms with van der Waals surface area (Å²) in [5.41, 5.74) is 0.914. The average Bonchev–Trinajstić information content (AvgIpc) is 2.55. The maximum absolute atomic E-state index is 12.1. The Kier molecular flexibility index (Phi) is 6.71. The van der Waals surface area contributed by atoms with Crippen LogP contribution in [0.2, 0.25) is 5.02 Å². The number of carbonyl (C=O) groups excluding carboxylic acids is 1. The molecule has 0 aliphatic carbocycles. The van der Waals surface area contributed by atoms with Gasteiger partial charge in [0.05, 0.1) is 6.10 Å². The monoisotopic (exact) mass is 323 g/mol. The van der Waals surface area contributed by atoms with Crippen molar-refractivity contribution < 1.29 is 9.90 Å². The predicted molar refractivity (Wildman–Crippen MR) is 89.9 cm³/mol. The first kappa shape index (κ1) is 17.3. The van der Waals surface area contributed by atoms with Crippen molar-refractivity contribution in [2.75, 3.05) is 13.1 Å². The lowest BCUT2D eigenvalue weighted by Gasteiger charge is -2.34. The quantitative estimate of drug-likeness (QED) is 0.797. The number of rotatable bonds is 6. The highest BCUT2D eigenvalue weighted by molar-refractivity contribution is 6.30. The Morgan fingerprint density at radius 2 is 1.91 bits per heavy atom. The Hall–Kier alpha value is -1.06. The zero-order chi connectivity index (χ0) is 15.9. The SMILES string of the molecule is CCCCCC(=O)N1CCC(C(O)c2ccc(Cl)cc2)CC1. The lowest BCUT2D eigenvalue weighted by atomic mass is 9.87. The summed E-state index contributed by atoms with van der Waals surface area (Å²) in [5, 5.41) is 11.2. The van der Waals surface area contributed by atoms with Gasteiger partial charge in [-0.05, 0) is 42.9 Å². The molecule has 1 aliphatic heterocycles. The molecule has 122 valence electrons. The lowest BCUT2D eigenvalue weighted by molar-refractivity contribution is -0.133. The Balaban J connectivity index is 1.81. The molecule has 1 aromatic rings. The van der Waals surface area contributed by atoms with Crippen LogP contribution >= 0.6 is 11.6 Å². The first-order chi connectivity index (χ1) is 10.6. The van der Waals surface area contributed by atoms with E-state index in [1.807, 2.05) is 29.2 Å². The summed E-state index contributed by atoms with van der Waals surface area (Å²) in [7, 11) is 0. The number of likely N-dealkylation sites (tertiary alicyclic amines) is 1.